The minimum absolute atomic E-state index is 0.437. The van der Waals surface area contributed by atoms with Gasteiger partial charge >= 0.3 is 6.16 Å². The van der Waals surface area contributed by atoms with Gasteiger partial charge in [-0.3, -0.25) is 0 Å². The Morgan fingerprint density at radius 2 is 2.00 bits per heavy atom. The smallest absolute Gasteiger partial charge is 0.438 e. The molecule has 3 heteroatoms. The van der Waals surface area contributed by atoms with Crippen molar-refractivity contribution in [3.8, 4) is 12.8 Å². The van der Waals surface area contributed by atoms with Crippen LogP contribution in [0.1, 0.15) is 13.3 Å². The largest absolute Gasteiger partial charge is 0.507 e. The average molecular weight is 144 g/mol. The summed E-state index contributed by atoms with van der Waals surface area (Å²) in [5, 5.41) is 0. The summed E-state index contributed by atoms with van der Waals surface area (Å²) in [6.45, 7) is 2.36. The third-order valence-electron chi connectivity index (χ3n) is 0.591. The Morgan fingerprint density at radius 1 is 1.50 bits per heavy atom. The van der Waals surface area contributed by atoms with E-state index in [1.165, 1.54) is 7.11 Å². The Balaban J connectivity index is 0. The molecule has 10 heavy (non-hydrogen) atoms. The highest BCUT2D eigenvalue weighted by Gasteiger charge is 1.95. The van der Waals surface area contributed by atoms with Gasteiger partial charge in [-0.2, -0.15) is 0 Å². The van der Waals surface area contributed by atoms with Crippen molar-refractivity contribution in [3.63, 3.8) is 0 Å². The number of ether oxygens (including phenoxy) is 2. The topological polar surface area (TPSA) is 35.5 Å². The molecule has 0 aliphatic carbocycles. The summed E-state index contributed by atoms with van der Waals surface area (Å²) in [5.41, 5.74) is 0. The second-order valence-electron chi connectivity index (χ2n) is 1.30. The molecule has 0 aromatic carbocycles. The van der Waals surface area contributed by atoms with Crippen LogP contribution in [0.4, 0.5) is 4.79 Å². The fraction of sp³-hybridized carbons (Fsp3) is 0.571. The fourth-order valence-electron chi connectivity index (χ4n) is 0.244. The van der Waals surface area contributed by atoms with Gasteiger partial charge in [0.05, 0.1) is 13.7 Å². The summed E-state index contributed by atoms with van der Waals surface area (Å²) in [6.07, 6.45) is 8.22. The van der Waals surface area contributed by atoms with E-state index in [0.717, 1.165) is 6.42 Å². The number of hydrogen-bond donors (Lipinski definition) is 0. The predicted molar refractivity (Wildman–Crippen MR) is 38.5 cm³/mol. The molecule has 0 aromatic heterocycles. The molecular formula is C7H12O3. The molecule has 0 fully saturated rings. The van der Waals surface area contributed by atoms with Crippen LogP contribution < -0.4 is 0 Å². The van der Waals surface area contributed by atoms with E-state index in [0.29, 0.717) is 6.61 Å². The molecule has 0 bridgehead atoms. The van der Waals surface area contributed by atoms with Gasteiger partial charge in [0.2, 0.25) is 0 Å². The van der Waals surface area contributed by atoms with Crippen molar-refractivity contribution in [3.05, 3.63) is 0 Å². The van der Waals surface area contributed by atoms with Crippen LogP contribution in [-0.2, 0) is 9.47 Å². The zero-order chi connectivity index (χ0) is 8.41. The predicted octanol–water partition coefficient (Wildman–Crippen LogP) is 1.43. The van der Waals surface area contributed by atoms with Crippen molar-refractivity contribution >= 4 is 6.16 Å². The third-order valence-corrected chi connectivity index (χ3v) is 0.591. The molecule has 3 nitrogen and oxygen atoms in total. The number of rotatable bonds is 2. The van der Waals surface area contributed by atoms with Gasteiger partial charge in [0.25, 0.3) is 0 Å². The van der Waals surface area contributed by atoms with Gasteiger partial charge in [-0.15, -0.1) is 12.8 Å². The molecule has 0 heterocycles. The molecule has 0 aromatic rings. The SMILES string of the molecule is C#C.CCCOC(=O)OC. The van der Waals surface area contributed by atoms with Crippen molar-refractivity contribution in [1.29, 1.82) is 0 Å². The van der Waals surface area contributed by atoms with Crippen LogP contribution in [0.3, 0.4) is 0 Å². The van der Waals surface area contributed by atoms with E-state index in [1.54, 1.807) is 0 Å². The maximum Gasteiger partial charge on any atom is 0.507 e. The van der Waals surface area contributed by atoms with E-state index in [1.807, 2.05) is 6.92 Å². The first-order valence-electron chi connectivity index (χ1n) is 2.85. The Bertz CT molecular complexity index is 96.3. The summed E-state index contributed by atoms with van der Waals surface area (Å²) < 4.78 is 8.67. The van der Waals surface area contributed by atoms with Crippen LogP contribution >= 0.6 is 0 Å². The highest BCUT2D eigenvalue weighted by atomic mass is 16.7. The second kappa shape index (κ2) is 10.7. The standard InChI is InChI=1S/C5H10O3.C2H2/c1-3-4-8-5(6)7-2;1-2/h3-4H2,1-2H3;1-2H. The molecule has 0 unspecified atom stereocenters. The van der Waals surface area contributed by atoms with Crippen LogP contribution in [0.15, 0.2) is 0 Å². The lowest BCUT2D eigenvalue weighted by Gasteiger charge is -1.97. The molecular weight excluding hydrogens is 132 g/mol. The van der Waals surface area contributed by atoms with Crippen molar-refractivity contribution in [1.82, 2.24) is 0 Å². The van der Waals surface area contributed by atoms with Crippen LogP contribution in [-0.4, -0.2) is 19.9 Å². The molecule has 0 saturated heterocycles. The summed E-state index contributed by atoms with van der Waals surface area (Å²) >= 11 is 0. The molecule has 0 spiro atoms. The second-order valence-corrected chi connectivity index (χ2v) is 1.30. The fourth-order valence-corrected chi connectivity index (χ4v) is 0.244. The van der Waals surface area contributed by atoms with E-state index >= 15 is 0 Å². The molecule has 0 aliphatic rings. The molecule has 0 atom stereocenters. The highest BCUT2D eigenvalue weighted by Crippen LogP contribution is 1.83. The van der Waals surface area contributed by atoms with Crippen LogP contribution in [0.25, 0.3) is 0 Å². The van der Waals surface area contributed by atoms with Crippen LogP contribution in [0.2, 0.25) is 0 Å². The van der Waals surface area contributed by atoms with Crippen molar-refractivity contribution < 1.29 is 14.3 Å². The van der Waals surface area contributed by atoms with Crippen molar-refractivity contribution in [2.45, 2.75) is 13.3 Å². The quantitative estimate of drug-likeness (QED) is 0.434. The molecule has 0 rings (SSSR count). The minimum Gasteiger partial charge on any atom is -0.438 e. The Labute approximate surface area is 61.3 Å². The van der Waals surface area contributed by atoms with Crippen LogP contribution in [0.5, 0.6) is 0 Å². The van der Waals surface area contributed by atoms with E-state index < -0.39 is 6.16 Å². The zero-order valence-electron chi connectivity index (χ0n) is 6.29. The van der Waals surface area contributed by atoms with Gasteiger partial charge in [-0.1, -0.05) is 6.92 Å². The van der Waals surface area contributed by atoms with E-state index in [-0.39, 0.29) is 0 Å². The van der Waals surface area contributed by atoms with Gasteiger partial charge < -0.3 is 9.47 Å². The number of carbonyl (C=O) groups excluding carboxylic acids is 1. The lowest BCUT2D eigenvalue weighted by atomic mass is 10.5. The number of hydrogen-bond acceptors (Lipinski definition) is 3. The lowest BCUT2D eigenvalue weighted by Crippen LogP contribution is -2.03. The Kier molecular flexibility index (Phi) is 12.5. The minimum atomic E-state index is -0.605. The van der Waals surface area contributed by atoms with Gasteiger partial charge in [-0.25, -0.2) is 4.79 Å². The normalized spacial score (nSPS) is 6.80. The third kappa shape index (κ3) is 9.95. The van der Waals surface area contributed by atoms with E-state index in [9.17, 15) is 4.79 Å². The Morgan fingerprint density at radius 3 is 2.30 bits per heavy atom. The molecule has 0 saturated carbocycles. The monoisotopic (exact) mass is 144 g/mol. The molecule has 0 N–H and O–H groups in total. The first kappa shape index (κ1) is 11.6. The molecule has 0 amide bonds. The van der Waals surface area contributed by atoms with E-state index in [2.05, 4.69) is 22.3 Å². The first-order chi connectivity index (χ1) is 4.81. The summed E-state index contributed by atoms with van der Waals surface area (Å²) in [6, 6.07) is 0. The highest BCUT2D eigenvalue weighted by molar-refractivity contribution is 5.59. The van der Waals surface area contributed by atoms with Crippen molar-refractivity contribution in [2.75, 3.05) is 13.7 Å². The van der Waals surface area contributed by atoms with Gasteiger partial charge in [0.1, 0.15) is 0 Å². The van der Waals surface area contributed by atoms with E-state index in [4.69, 9.17) is 0 Å². The summed E-state index contributed by atoms with van der Waals surface area (Å²) in [7, 11) is 1.29. The van der Waals surface area contributed by atoms with Crippen molar-refractivity contribution in [2.24, 2.45) is 0 Å². The number of carbonyl (C=O) groups is 1. The number of methoxy groups -OCH3 is 1. The maximum absolute atomic E-state index is 10.1. The lowest BCUT2D eigenvalue weighted by molar-refractivity contribution is 0.0728. The van der Waals surface area contributed by atoms with Crippen LogP contribution in [0, 0.1) is 12.8 Å². The maximum atomic E-state index is 10.1. The average Bonchev–Trinajstić information content (AvgIpc) is 2.04. The zero-order valence-corrected chi connectivity index (χ0v) is 6.29. The summed E-state index contributed by atoms with van der Waals surface area (Å²) in [5.74, 6) is 0. The Hall–Kier alpha value is -1.17. The van der Waals surface area contributed by atoms with Gasteiger partial charge in [0, 0.05) is 0 Å². The summed E-state index contributed by atoms with van der Waals surface area (Å²) in [4.78, 5) is 10.1. The molecule has 0 aliphatic heterocycles. The molecule has 0 radical (unpaired) electrons. The van der Waals surface area contributed by atoms with Gasteiger partial charge in [-0.05, 0) is 6.42 Å². The first-order valence-corrected chi connectivity index (χ1v) is 2.85. The number of terminal acetylenes is 1. The molecule has 58 valence electrons. The van der Waals surface area contributed by atoms with Gasteiger partial charge in [0.15, 0.2) is 0 Å².